The van der Waals surface area contributed by atoms with Gasteiger partial charge >= 0.3 is 0 Å². The standard InChI is InChI=1S/C8H14N2O2/c1-2-7-3-9-10(4-7)5-8(12)6-11/h3-4,8,11-12H,2,5-6H2,1H3/t8-/m1/s1. The zero-order valence-corrected chi connectivity index (χ0v) is 7.14. The van der Waals surface area contributed by atoms with Crippen molar-refractivity contribution < 1.29 is 10.2 Å². The van der Waals surface area contributed by atoms with E-state index < -0.39 is 6.10 Å². The predicted octanol–water partition coefficient (Wildman–Crippen LogP) is -0.201. The Bertz CT molecular complexity index is 235. The van der Waals surface area contributed by atoms with Crippen molar-refractivity contribution >= 4 is 0 Å². The van der Waals surface area contributed by atoms with E-state index in [0.717, 1.165) is 12.0 Å². The molecule has 1 heterocycles. The van der Waals surface area contributed by atoms with E-state index in [1.54, 1.807) is 10.9 Å². The van der Waals surface area contributed by atoms with E-state index >= 15 is 0 Å². The Balaban J connectivity index is 2.52. The molecule has 0 unspecified atom stereocenters. The number of aryl methyl sites for hydroxylation is 1. The first-order chi connectivity index (χ1) is 5.76. The van der Waals surface area contributed by atoms with E-state index in [4.69, 9.17) is 10.2 Å². The smallest absolute Gasteiger partial charge is 0.0966 e. The number of hydrogen-bond donors (Lipinski definition) is 2. The number of hydrogen-bond acceptors (Lipinski definition) is 3. The molecule has 0 aliphatic carbocycles. The van der Waals surface area contributed by atoms with Crippen LogP contribution in [0, 0.1) is 0 Å². The fourth-order valence-electron chi connectivity index (χ4n) is 0.962. The lowest BCUT2D eigenvalue weighted by Crippen LogP contribution is -2.19. The Morgan fingerprint density at radius 1 is 1.67 bits per heavy atom. The van der Waals surface area contributed by atoms with Crippen LogP contribution in [-0.4, -0.2) is 32.7 Å². The highest BCUT2D eigenvalue weighted by Crippen LogP contribution is 1.99. The highest BCUT2D eigenvalue weighted by Gasteiger charge is 2.03. The molecule has 1 aromatic heterocycles. The van der Waals surface area contributed by atoms with Crippen LogP contribution in [-0.2, 0) is 13.0 Å². The van der Waals surface area contributed by atoms with Gasteiger partial charge in [0.05, 0.1) is 25.5 Å². The number of aliphatic hydroxyl groups is 2. The maximum atomic E-state index is 9.08. The van der Waals surface area contributed by atoms with Gasteiger partial charge in [-0.1, -0.05) is 6.92 Å². The Morgan fingerprint density at radius 3 is 2.92 bits per heavy atom. The third kappa shape index (κ3) is 2.32. The van der Waals surface area contributed by atoms with Crippen LogP contribution in [0.25, 0.3) is 0 Å². The van der Waals surface area contributed by atoms with Gasteiger partial charge in [0.15, 0.2) is 0 Å². The average molecular weight is 170 g/mol. The van der Waals surface area contributed by atoms with Gasteiger partial charge in [-0.05, 0) is 12.0 Å². The van der Waals surface area contributed by atoms with Crippen LogP contribution < -0.4 is 0 Å². The van der Waals surface area contributed by atoms with Crippen molar-refractivity contribution in [2.24, 2.45) is 0 Å². The van der Waals surface area contributed by atoms with Gasteiger partial charge in [0, 0.05) is 6.20 Å². The van der Waals surface area contributed by atoms with Crippen molar-refractivity contribution in [3.63, 3.8) is 0 Å². The summed E-state index contributed by atoms with van der Waals surface area (Å²) in [5.74, 6) is 0. The molecule has 0 aliphatic heterocycles. The van der Waals surface area contributed by atoms with Gasteiger partial charge in [-0.25, -0.2) is 0 Å². The van der Waals surface area contributed by atoms with Crippen LogP contribution in [0.5, 0.6) is 0 Å². The van der Waals surface area contributed by atoms with Gasteiger partial charge in [0.2, 0.25) is 0 Å². The van der Waals surface area contributed by atoms with E-state index in [-0.39, 0.29) is 6.61 Å². The third-order valence-corrected chi connectivity index (χ3v) is 1.70. The van der Waals surface area contributed by atoms with Gasteiger partial charge in [0.25, 0.3) is 0 Å². The first-order valence-corrected chi connectivity index (χ1v) is 4.06. The van der Waals surface area contributed by atoms with E-state index in [1.807, 2.05) is 13.1 Å². The molecule has 0 bridgehead atoms. The Labute approximate surface area is 71.5 Å². The number of aromatic nitrogens is 2. The fraction of sp³-hybridized carbons (Fsp3) is 0.625. The molecule has 2 N–H and O–H groups in total. The fourth-order valence-corrected chi connectivity index (χ4v) is 0.962. The maximum Gasteiger partial charge on any atom is 0.0966 e. The van der Waals surface area contributed by atoms with E-state index in [9.17, 15) is 0 Å². The first-order valence-electron chi connectivity index (χ1n) is 4.06. The molecular weight excluding hydrogens is 156 g/mol. The molecule has 0 amide bonds. The maximum absolute atomic E-state index is 9.08. The number of rotatable bonds is 4. The molecule has 1 atom stereocenters. The second kappa shape index (κ2) is 4.23. The Kier molecular flexibility index (Phi) is 3.25. The molecule has 68 valence electrons. The molecule has 1 aromatic rings. The van der Waals surface area contributed by atoms with Crippen LogP contribution in [0.3, 0.4) is 0 Å². The van der Waals surface area contributed by atoms with Crippen LogP contribution >= 0.6 is 0 Å². The summed E-state index contributed by atoms with van der Waals surface area (Å²) in [6.45, 7) is 2.18. The van der Waals surface area contributed by atoms with Gasteiger partial charge in [-0.15, -0.1) is 0 Å². The average Bonchev–Trinajstić information content (AvgIpc) is 2.52. The summed E-state index contributed by atoms with van der Waals surface area (Å²) in [6, 6.07) is 0. The molecule has 0 fully saturated rings. The summed E-state index contributed by atoms with van der Waals surface area (Å²) in [5, 5.41) is 21.7. The van der Waals surface area contributed by atoms with Crippen molar-refractivity contribution in [1.82, 2.24) is 9.78 Å². The van der Waals surface area contributed by atoms with Gasteiger partial charge in [-0.2, -0.15) is 5.10 Å². The summed E-state index contributed by atoms with van der Waals surface area (Å²) in [7, 11) is 0. The lowest BCUT2D eigenvalue weighted by Gasteiger charge is -2.05. The van der Waals surface area contributed by atoms with Gasteiger partial charge in [0.1, 0.15) is 0 Å². The lowest BCUT2D eigenvalue weighted by molar-refractivity contribution is 0.0782. The second-order valence-electron chi connectivity index (χ2n) is 2.76. The number of aliphatic hydroxyl groups excluding tert-OH is 2. The highest BCUT2D eigenvalue weighted by molar-refractivity contribution is 5.02. The molecule has 0 aliphatic rings. The molecule has 0 radical (unpaired) electrons. The zero-order chi connectivity index (χ0) is 8.97. The lowest BCUT2D eigenvalue weighted by atomic mass is 10.3. The second-order valence-corrected chi connectivity index (χ2v) is 2.76. The largest absolute Gasteiger partial charge is 0.394 e. The van der Waals surface area contributed by atoms with Crippen molar-refractivity contribution in [3.8, 4) is 0 Å². The van der Waals surface area contributed by atoms with Crippen LogP contribution in [0.4, 0.5) is 0 Å². The summed E-state index contributed by atoms with van der Waals surface area (Å²) in [6.07, 6.45) is 3.87. The minimum absolute atomic E-state index is 0.221. The molecule has 1 rings (SSSR count). The van der Waals surface area contributed by atoms with Crippen molar-refractivity contribution in [1.29, 1.82) is 0 Å². The first kappa shape index (κ1) is 9.22. The molecule has 0 saturated carbocycles. The normalized spacial score (nSPS) is 13.2. The third-order valence-electron chi connectivity index (χ3n) is 1.70. The zero-order valence-electron chi connectivity index (χ0n) is 7.14. The Morgan fingerprint density at radius 2 is 2.42 bits per heavy atom. The van der Waals surface area contributed by atoms with Crippen LogP contribution in [0.2, 0.25) is 0 Å². The van der Waals surface area contributed by atoms with Crippen molar-refractivity contribution in [2.45, 2.75) is 26.0 Å². The summed E-state index contributed by atoms with van der Waals surface area (Å²) in [5.41, 5.74) is 1.14. The van der Waals surface area contributed by atoms with Gasteiger partial charge < -0.3 is 10.2 Å². The van der Waals surface area contributed by atoms with E-state index in [0.29, 0.717) is 6.54 Å². The summed E-state index contributed by atoms with van der Waals surface area (Å²) < 4.78 is 1.64. The monoisotopic (exact) mass is 170 g/mol. The summed E-state index contributed by atoms with van der Waals surface area (Å²) in [4.78, 5) is 0. The van der Waals surface area contributed by atoms with Crippen molar-refractivity contribution in [2.75, 3.05) is 6.61 Å². The topological polar surface area (TPSA) is 58.3 Å². The minimum Gasteiger partial charge on any atom is -0.394 e. The summed E-state index contributed by atoms with van der Waals surface area (Å²) >= 11 is 0. The van der Waals surface area contributed by atoms with E-state index in [1.165, 1.54) is 0 Å². The molecule has 0 saturated heterocycles. The van der Waals surface area contributed by atoms with E-state index in [2.05, 4.69) is 5.10 Å². The molecule has 0 aromatic carbocycles. The SMILES string of the molecule is CCc1cnn(C[C@@H](O)CO)c1. The van der Waals surface area contributed by atoms with Crippen molar-refractivity contribution in [3.05, 3.63) is 18.0 Å². The van der Waals surface area contributed by atoms with Crippen LogP contribution in [0.1, 0.15) is 12.5 Å². The molecular formula is C8H14N2O2. The minimum atomic E-state index is -0.713. The predicted molar refractivity (Wildman–Crippen MR) is 44.7 cm³/mol. The highest BCUT2D eigenvalue weighted by atomic mass is 16.3. The van der Waals surface area contributed by atoms with Gasteiger partial charge in [-0.3, -0.25) is 4.68 Å². The molecule has 12 heavy (non-hydrogen) atoms. The Hall–Kier alpha value is -0.870. The molecule has 0 spiro atoms. The number of nitrogens with zero attached hydrogens (tertiary/aromatic N) is 2. The van der Waals surface area contributed by atoms with Crippen LogP contribution in [0.15, 0.2) is 12.4 Å². The quantitative estimate of drug-likeness (QED) is 0.658. The molecule has 4 heteroatoms. The molecule has 4 nitrogen and oxygen atoms in total.